The zero-order valence-corrected chi connectivity index (χ0v) is 13.8. The number of rotatable bonds is 6. The van der Waals surface area contributed by atoms with E-state index in [1.807, 2.05) is 12.1 Å². The van der Waals surface area contributed by atoms with Crippen molar-refractivity contribution in [3.8, 4) is 12.1 Å². The molecule has 0 saturated carbocycles. The monoisotopic (exact) mass is 355 g/mol. The molecule has 0 heterocycles. The van der Waals surface area contributed by atoms with E-state index >= 15 is 0 Å². The molecule has 0 aromatic heterocycles. The summed E-state index contributed by atoms with van der Waals surface area (Å²) in [4.78, 5) is 11.6. The van der Waals surface area contributed by atoms with Crippen LogP contribution in [0, 0.1) is 22.7 Å². The van der Waals surface area contributed by atoms with Crippen LogP contribution in [0.3, 0.4) is 0 Å². The zero-order valence-electron chi connectivity index (χ0n) is 13.0. The predicted octanol–water partition coefficient (Wildman–Crippen LogP) is 1.45. The van der Waals surface area contributed by atoms with Gasteiger partial charge in [0, 0.05) is 0 Å². The van der Waals surface area contributed by atoms with Gasteiger partial charge in [0.15, 0.2) is 0 Å². The minimum Gasteiger partial charge on any atom is -0.460 e. The van der Waals surface area contributed by atoms with Gasteiger partial charge in [0.05, 0.1) is 28.2 Å². The lowest BCUT2D eigenvalue weighted by Gasteiger charge is -2.08. The Bertz CT molecular complexity index is 937. The maximum absolute atomic E-state index is 12.0. The fraction of sp³-hybridized carbons (Fsp3) is 0.118. The number of benzene rings is 2. The molecule has 126 valence electrons. The van der Waals surface area contributed by atoms with E-state index in [4.69, 9.17) is 15.3 Å². The molecule has 0 saturated heterocycles. The smallest absolute Gasteiger partial charge is 0.321 e. The molecule has 2 rings (SSSR count). The van der Waals surface area contributed by atoms with Crippen LogP contribution in [0.4, 0.5) is 0 Å². The largest absolute Gasteiger partial charge is 0.460 e. The van der Waals surface area contributed by atoms with E-state index in [1.165, 1.54) is 24.3 Å². The van der Waals surface area contributed by atoms with E-state index < -0.39 is 22.5 Å². The highest BCUT2D eigenvalue weighted by Gasteiger charge is 2.16. The number of carbonyl (C=O) groups excluding carboxylic acids is 1. The number of esters is 1. The summed E-state index contributed by atoms with van der Waals surface area (Å²) in [5.41, 5.74) is 1.51. The van der Waals surface area contributed by atoms with E-state index in [0.29, 0.717) is 16.7 Å². The number of hydrogen-bond acceptors (Lipinski definition) is 6. The molecule has 25 heavy (non-hydrogen) atoms. The van der Waals surface area contributed by atoms with Gasteiger partial charge in [-0.05, 0) is 42.0 Å². The Morgan fingerprint density at radius 3 is 2.00 bits per heavy atom. The zero-order chi connectivity index (χ0) is 18.3. The number of carbonyl (C=O) groups is 1. The van der Waals surface area contributed by atoms with Gasteiger partial charge in [0.1, 0.15) is 13.2 Å². The van der Waals surface area contributed by atoms with Gasteiger partial charge in [-0.3, -0.25) is 4.79 Å². The molecule has 0 spiro atoms. The van der Waals surface area contributed by atoms with E-state index in [-0.39, 0.29) is 11.5 Å². The van der Waals surface area contributed by atoms with E-state index in [0.717, 1.165) is 0 Å². The van der Waals surface area contributed by atoms with Gasteiger partial charge in [-0.25, -0.2) is 8.42 Å². The summed E-state index contributed by atoms with van der Waals surface area (Å²) < 4.78 is 31.2. The van der Waals surface area contributed by atoms with Crippen LogP contribution < -0.4 is 4.72 Å². The van der Waals surface area contributed by atoms with Crippen LogP contribution in [0.25, 0.3) is 0 Å². The predicted molar refractivity (Wildman–Crippen MR) is 87.3 cm³/mol. The lowest BCUT2D eigenvalue weighted by atomic mass is 10.2. The van der Waals surface area contributed by atoms with Crippen LogP contribution in [0.1, 0.15) is 16.7 Å². The van der Waals surface area contributed by atoms with Crippen molar-refractivity contribution >= 4 is 16.0 Å². The molecule has 0 amide bonds. The van der Waals surface area contributed by atoms with Gasteiger partial charge >= 0.3 is 5.97 Å². The van der Waals surface area contributed by atoms with Crippen LogP contribution >= 0.6 is 0 Å². The van der Waals surface area contributed by atoms with E-state index in [2.05, 4.69) is 4.72 Å². The Morgan fingerprint density at radius 2 is 1.48 bits per heavy atom. The molecule has 7 nitrogen and oxygen atoms in total. The Kier molecular flexibility index (Phi) is 5.85. The summed E-state index contributed by atoms with van der Waals surface area (Å²) in [7, 11) is -3.87. The highest BCUT2D eigenvalue weighted by molar-refractivity contribution is 7.89. The highest BCUT2D eigenvalue weighted by Crippen LogP contribution is 2.10. The standard InChI is InChI=1S/C17H13N3O4S/c18-9-13-1-3-15(4-2-13)12-24-17(21)11-20-25(22,23)16-7-5-14(10-19)6-8-16/h1-8,20H,11-12H2. The van der Waals surface area contributed by atoms with Crippen molar-refractivity contribution in [2.24, 2.45) is 0 Å². The number of nitrogens with zero attached hydrogens (tertiary/aromatic N) is 2. The van der Waals surface area contributed by atoms with E-state index in [9.17, 15) is 13.2 Å². The minimum atomic E-state index is -3.87. The third-order valence-electron chi connectivity index (χ3n) is 3.18. The van der Waals surface area contributed by atoms with Gasteiger partial charge in [0.25, 0.3) is 0 Å². The Hall–Kier alpha value is -3.20. The fourth-order valence-electron chi connectivity index (χ4n) is 1.84. The Balaban J connectivity index is 1.87. The minimum absolute atomic E-state index is 0.0247. The molecule has 2 aromatic rings. The average Bonchev–Trinajstić information content (AvgIpc) is 2.65. The molecule has 1 N–H and O–H groups in total. The maximum atomic E-state index is 12.0. The lowest BCUT2D eigenvalue weighted by molar-refractivity contribution is -0.143. The first-order valence-electron chi connectivity index (χ1n) is 7.09. The normalized spacial score (nSPS) is 10.5. The van der Waals surface area contributed by atoms with Crippen molar-refractivity contribution in [3.05, 3.63) is 65.2 Å². The van der Waals surface area contributed by atoms with Gasteiger partial charge < -0.3 is 4.74 Å². The van der Waals surface area contributed by atoms with Crippen molar-refractivity contribution in [1.29, 1.82) is 10.5 Å². The third-order valence-corrected chi connectivity index (χ3v) is 4.60. The van der Waals surface area contributed by atoms with Crippen LogP contribution in [0.2, 0.25) is 0 Å². The SMILES string of the molecule is N#Cc1ccc(COC(=O)CNS(=O)(=O)c2ccc(C#N)cc2)cc1. The molecule has 0 radical (unpaired) electrons. The van der Waals surface area contributed by atoms with Crippen molar-refractivity contribution in [3.63, 3.8) is 0 Å². The molecule has 2 aromatic carbocycles. The molecule has 0 fully saturated rings. The molecular formula is C17H13N3O4S. The van der Waals surface area contributed by atoms with Crippen LogP contribution in [-0.2, 0) is 26.2 Å². The van der Waals surface area contributed by atoms with Crippen molar-refractivity contribution < 1.29 is 17.9 Å². The van der Waals surface area contributed by atoms with Crippen molar-refractivity contribution in [2.75, 3.05) is 6.54 Å². The molecule has 0 aliphatic rings. The first-order chi connectivity index (χ1) is 11.9. The first kappa shape index (κ1) is 18.1. The topological polar surface area (TPSA) is 120 Å². The molecule has 8 heteroatoms. The summed E-state index contributed by atoms with van der Waals surface area (Å²) in [6, 6.07) is 15.7. The summed E-state index contributed by atoms with van der Waals surface area (Å²) >= 11 is 0. The van der Waals surface area contributed by atoms with Gasteiger partial charge in [-0.2, -0.15) is 15.2 Å². The van der Waals surface area contributed by atoms with Crippen LogP contribution in [0.15, 0.2) is 53.4 Å². The molecule has 0 aliphatic carbocycles. The number of nitrogens with one attached hydrogen (secondary N) is 1. The van der Waals surface area contributed by atoms with Gasteiger partial charge in [-0.15, -0.1) is 0 Å². The average molecular weight is 355 g/mol. The summed E-state index contributed by atoms with van der Waals surface area (Å²) in [5.74, 6) is -0.735. The van der Waals surface area contributed by atoms with E-state index in [1.54, 1.807) is 24.3 Å². The number of hydrogen-bond donors (Lipinski definition) is 1. The fourth-order valence-corrected chi connectivity index (χ4v) is 2.81. The lowest BCUT2D eigenvalue weighted by Crippen LogP contribution is -2.30. The Labute approximate surface area is 145 Å². The number of nitriles is 2. The third kappa shape index (κ3) is 5.15. The summed E-state index contributed by atoms with van der Waals surface area (Å²) in [5, 5.41) is 17.4. The molecule has 0 bridgehead atoms. The maximum Gasteiger partial charge on any atom is 0.321 e. The summed E-state index contributed by atoms with van der Waals surface area (Å²) in [6.07, 6.45) is 0. The number of sulfonamides is 1. The Morgan fingerprint density at radius 1 is 0.960 bits per heavy atom. The quantitative estimate of drug-likeness (QED) is 0.783. The second-order valence-electron chi connectivity index (χ2n) is 4.93. The second kappa shape index (κ2) is 8.06. The van der Waals surface area contributed by atoms with Gasteiger partial charge in [0.2, 0.25) is 10.0 Å². The summed E-state index contributed by atoms with van der Waals surface area (Å²) in [6.45, 7) is -0.540. The molecule has 0 unspecified atom stereocenters. The van der Waals surface area contributed by atoms with Crippen LogP contribution in [-0.4, -0.2) is 20.9 Å². The number of ether oxygens (including phenoxy) is 1. The van der Waals surface area contributed by atoms with Crippen LogP contribution in [0.5, 0.6) is 0 Å². The van der Waals surface area contributed by atoms with Crippen molar-refractivity contribution in [1.82, 2.24) is 4.72 Å². The molecule has 0 aliphatic heterocycles. The van der Waals surface area contributed by atoms with Gasteiger partial charge in [-0.1, -0.05) is 12.1 Å². The molecular weight excluding hydrogens is 342 g/mol. The highest BCUT2D eigenvalue weighted by atomic mass is 32.2. The van der Waals surface area contributed by atoms with Crippen molar-refractivity contribution in [2.45, 2.75) is 11.5 Å². The first-order valence-corrected chi connectivity index (χ1v) is 8.57. The molecule has 0 atom stereocenters. The second-order valence-corrected chi connectivity index (χ2v) is 6.70.